The number of rotatable bonds is 5. The second-order valence-corrected chi connectivity index (χ2v) is 8.17. The molecule has 164 valence electrons. The lowest BCUT2D eigenvalue weighted by Crippen LogP contribution is -2.30. The minimum absolute atomic E-state index is 0.0216. The van der Waals surface area contributed by atoms with Crippen LogP contribution in [0.25, 0.3) is 5.76 Å². The van der Waals surface area contributed by atoms with Gasteiger partial charge >= 0.3 is 0 Å². The Bertz CT molecular complexity index is 1210. The van der Waals surface area contributed by atoms with Crippen LogP contribution in [0.2, 0.25) is 0 Å². The SMILES string of the molecule is Cc1ccc(N2C(=O)C(=O)/C(=C(\O)c3cccc(OC(C)C)c3)C2c2ccco2)c(C)c1. The Morgan fingerprint density at radius 1 is 1.06 bits per heavy atom. The van der Waals surface area contributed by atoms with Gasteiger partial charge in [-0.2, -0.15) is 0 Å². The van der Waals surface area contributed by atoms with Crippen molar-refractivity contribution in [2.75, 3.05) is 4.90 Å². The molecule has 2 aromatic carbocycles. The standard InChI is InChI=1S/C26H25NO5/c1-15(2)32-19-8-5-7-18(14-19)24(28)22-23(21-9-6-12-31-21)27(26(30)25(22)29)20-11-10-16(3)13-17(20)4/h5-15,23,28H,1-4H3/b24-22-. The number of hydrogen-bond acceptors (Lipinski definition) is 5. The van der Waals surface area contributed by atoms with Crippen LogP contribution in [0.5, 0.6) is 5.75 Å². The molecule has 1 amide bonds. The number of ketones is 1. The first-order chi connectivity index (χ1) is 15.3. The molecule has 4 rings (SSSR count). The van der Waals surface area contributed by atoms with E-state index >= 15 is 0 Å². The molecule has 1 aliphatic rings. The van der Waals surface area contributed by atoms with Gasteiger partial charge in [-0.15, -0.1) is 0 Å². The van der Waals surface area contributed by atoms with Gasteiger partial charge in [-0.1, -0.05) is 29.8 Å². The van der Waals surface area contributed by atoms with E-state index in [1.807, 2.05) is 45.9 Å². The van der Waals surface area contributed by atoms with E-state index in [0.717, 1.165) is 11.1 Å². The molecule has 32 heavy (non-hydrogen) atoms. The smallest absolute Gasteiger partial charge is 0.300 e. The van der Waals surface area contributed by atoms with E-state index in [1.165, 1.54) is 11.2 Å². The Kier molecular flexibility index (Phi) is 5.61. The van der Waals surface area contributed by atoms with Gasteiger partial charge in [-0.25, -0.2) is 0 Å². The molecule has 1 aliphatic heterocycles. The van der Waals surface area contributed by atoms with E-state index in [0.29, 0.717) is 22.8 Å². The van der Waals surface area contributed by atoms with Crippen molar-refractivity contribution >= 4 is 23.1 Å². The average molecular weight is 431 g/mol. The van der Waals surface area contributed by atoms with Crippen LogP contribution in [-0.4, -0.2) is 22.9 Å². The lowest BCUT2D eigenvalue weighted by atomic mass is 9.98. The molecule has 0 aliphatic carbocycles. The van der Waals surface area contributed by atoms with Crippen LogP contribution in [0.15, 0.2) is 70.9 Å². The van der Waals surface area contributed by atoms with E-state index in [1.54, 1.807) is 36.4 Å². The Morgan fingerprint density at radius 3 is 2.50 bits per heavy atom. The summed E-state index contributed by atoms with van der Waals surface area (Å²) in [5, 5.41) is 11.2. The first kappa shape index (κ1) is 21.4. The number of ether oxygens (including phenoxy) is 1. The average Bonchev–Trinajstić information content (AvgIpc) is 3.35. The number of benzene rings is 2. The third kappa shape index (κ3) is 3.80. The van der Waals surface area contributed by atoms with Crippen molar-refractivity contribution in [3.8, 4) is 5.75 Å². The molecule has 0 spiro atoms. The summed E-state index contributed by atoms with van der Waals surface area (Å²) >= 11 is 0. The minimum atomic E-state index is -0.888. The Labute approximate surface area is 186 Å². The summed E-state index contributed by atoms with van der Waals surface area (Å²) < 4.78 is 11.3. The van der Waals surface area contributed by atoms with E-state index in [9.17, 15) is 14.7 Å². The highest BCUT2D eigenvalue weighted by Crippen LogP contribution is 2.43. The Balaban J connectivity index is 1.89. The third-order valence-corrected chi connectivity index (χ3v) is 5.35. The molecule has 0 saturated carbocycles. The van der Waals surface area contributed by atoms with Crippen molar-refractivity contribution in [3.05, 3.63) is 88.9 Å². The molecule has 1 aromatic heterocycles. The van der Waals surface area contributed by atoms with E-state index in [2.05, 4.69) is 0 Å². The summed E-state index contributed by atoms with van der Waals surface area (Å²) in [7, 11) is 0. The number of aliphatic hydroxyl groups excluding tert-OH is 1. The highest BCUT2D eigenvalue weighted by atomic mass is 16.5. The molecular formula is C26H25NO5. The van der Waals surface area contributed by atoms with Crippen molar-refractivity contribution in [3.63, 3.8) is 0 Å². The molecule has 0 bridgehead atoms. The van der Waals surface area contributed by atoms with Gasteiger partial charge in [0.2, 0.25) is 0 Å². The van der Waals surface area contributed by atoms with Crippen molar-refractivity contribution in [1.29, 1.82) is 0 Å². The van der Waals surface area contributed by atoms with E-state index in [4.69, 9.17) is 9.15 Å². The maximum Gasteiger partial charge on any atom is 0.300 e. The van der Waals surface area contributed by atoms with E-state index < -0.39 is 17.7 Å². The molecule has 2 heterocycles. The van der Waals surface area contributed by atoms with Gasteiger partial charge in [0, 0.05) is 11.3 Å². The largest absolute Gasteiger partial charge is 0.507 e. The molecule has 1 atom stereocenters. The van der Waals surface area contributed by atoms with Crippen LogP contribution in [0.3, 0.4) is 0 Å². The highest BCUT2D eigenvalue weighted by molar-refractivity contribution is 6.51. The summed E-state index contributed by atoms with van der Waals surface area (Å²) in [6, 6.07) is 15.0. The predicted molar refractivity (Wildman–Crippen MR) is 122 cm³/mol. The number of carbonyl (C=O) groups is 2. The molecule has 1 saturated heterocycles. The third-order valence-electron chi connectivity index (χ3n) is 5.35. The van der Waals surface area contributed by atoms with Gasteiger partial charge in [0.15, 0.2) is 0 Å². The topological polar surface area (TPSA) is 80.0 Å². The van der Waals surface area contributed by atoms with Crippen LogP contribution in [0.4, 0.5) is 5.69 Å². The molecule has 6 nitrogen and oxygen atoms in total. The van der Waals surface area contributed by atoms with Crippen molar-refractivity contribution in [1.82, 2.24) is 0 Å². The number of furan rings is 1. The summed E-state index contributed by atoms with van der Waals surface area (Å²) in [5.41, 5.74) is 2.84. The van der Waals surface area contributed by atoms with Gasteiger partial charge in [-0.3, -0.25) is 14.5 Å². The summed E-state index contributed by atoms with van der Waals surface area (Å²) in [6.07, 6.45) is 1.43. The van der Waals surface area contributed by atoms with Crippen molar-refractivity contribution < 1.29 is 23.8 Å². The fraction of sp³-hybridized carbons (Fsp3) is 0.231. The Hall–Kier alpha value is -3.80. The van der Waals surface area contributed by atoms with Crippen LogP contribution in [0, 0.1) is 13.8 Å². The number of hydrogen-bond donors (Lipinski definition) is 1. The number of aryl methyl sites for hydroxylation is 2. The van der Waals surface area contributed by atoms with E-state index in [-0.39, 0.29) is 17.4 Å². The van der Waals surface area contributed by atoms with Crippen LogP contribution in [0.1, 0.15) is 42.3 Å². The zero-order valence-electron chi connectivity index (χ0n) is 18.5. The van der Waals surface area contributed by atoms with Gasteiger partial charge < -0.3 is 14.3 Å². The first-order valence-corrected chi connectivity index (χ1v) is 10.5. The lowest BCUT2D eigenvalue weighted by molar-refractivity contribution is -0.132. The molecular weight excluding hydrogens is 406 g/mol. The maximum atomic E-state index is 13.2. The summed E-state index contributed by atoms with van der Waals surface area (Å²) in [5.74, 6) is -0.803. The van der Waals surface area contributed by atoms with Crippen LogP contribution < -0.4 is 9.64 Å². The van der Waals surface area contributed by atoms with Gasteiger partial charge in [0.05, 0.1) is 17.9 Å². The van der Waals surface area contributed by atoms with Crippen LogP contribution in [-0.2, 0) is 9.59 Å². The second-order valence-electron chi connectivity index (χ2n) is 8.17. The van der Waals surface area contributed by atoms with Gasteiger partial charge in [0.25, 0.3) is 11.7 Å². The summed E-state index contributed by atoms with van der Waals surface area (Å²) in [6.45, 7) is 7.65. The number of anilines is 1. The molecule has 0 radical (unpaired) electrons. The van der Waals surface area contributed by atoms with Gasteiger partial charge in [0.1, 0.15) is 23.3 Å². The lowest BCUT2D eigenvalue weighted by Gasteiger charge is -2.25. The zero-order chi connectivity index (χ0) is 23.0. The number of nitrogens with zero attached hydrogens (tertiary/aromatic N) is 1. The molecule has 1 fully saturated rings. The fourth-order valence-corrected chi connectivity index (χ4v) is 4.02. The van der Waals surface area contributed by atoms with Crippen LogP contribution >= 0.6 is 0 Å². The highest BCUT2D eigenvalue weighted by Gasteiger charge is 2.48. The number of Topliss-reactive ketones (excluding diaryl/α,β-unsaturated/α-hetero) is 1. The fourth-order valence-electron chi connectivity index (χ4n) is 4.02. The monoisotopic (exact) mass is 431 g/mol. The van der Waals surface area contributed by atoms with Gasteiger partial charge in [-0.05, 0) is 63.6 Å². The first-order valence-electron chi connectivity index (χ1n) is 10.5. The van der Waals surface area contributed by atoms with Crippen molar-refractivity contribution in [2.45, 2.75) is 39.8 Å². The van der Waals surface area contributed by atoms with Crippen molar-refractivity contribution in [2.24, 2.45) is 0 Å². The maximum absolute atomic E-state index is 13.2. The molecule has 1 N–H and O–H groups in total. The molecule has 3 aromatic rings. The zero-order valence-corrected chi connectivity index (χ0v) is 18.5. The summed E-state index contributed by atoms with van der Waals surface area (Å²) in [4.78, 5) is 27.7. The predicted octanol–water partition coefficient (Wildman–Crippen LogP) is 5.31. The molecule has 1 unspecified atom stereocenters. The second kappa shape index (κ2) is 8.38. The molecule has 6 heteroatoms. The Morgan fingerprint density at radius 2 is 1.84 bits per heavy atom. The number of amides is 1. The minimum Gasteiger partial charge on any atom is -0.507 e. The normalized spacial score (nSPS) is 17.9. The quantitative estimate of drug-likeness (QED) is 0.336. The number of carbonyl (C=O) groups excluding carboxylic acids is 2. The number of aliphatic hydroxyl groups is 1.